The van der Waals surface area contributed by atoms with Crippen molar-refractivity contribution in [3.8, 4) is 0 Å². The van der Waals surface area contributed by atoms with Crippen molar-refractivity contribution in [3.05, 3.63) is 37.6 Å². The van der Waals surface area contributed by atoms with Crippen molar-refractivity contribution in [3.63, 3.8) is 0 Å². The van der Waals surface area contributed by atoms with E-state index in [0.29, 0.717) is 10.8 Å². The van der Waals surface area contributed by atoms with Crippen LogP contribution in [0.15, 0.2) is 31.2 Å². The van der Waals surface area contributed by atoms with Gasteiger partial charge >= 0.3 is 0 Å². The molecule has 0 spiro atoms. The number of halogens is 2. The molecule has 0 aromatic carbocycles. The maximum Gasteiger partial charge on any atom is 0.164 e. The van der Waals surface area contributed by atoms with E-state index >= 15 is 0 Å². The number of aliphatic hydroxyl groups is 1. The standard InChI is InChI=1S/C8H5Br2NO2S/c9-4-1-2-13-7(4)6(12)8-11-5(10)3-14-8/h1-3,6,12H. The minimum absolute atomic E-state index is 0.479. The van der Waals surface area contributed by atoms with Gasteiger partial charge in [0.1, 0.15) is 9.61 Å². The van der Waals surface area contributed by atoms with E-state index in [1.807, 2.05) is 5.38 Å². The third-order valence-corrected chi connectivity index (χ3v) is 3.88. The van der Waals surface area contributed by atoms with Gasteiger partial charge in [0.25, 0.3) is 0 Å². The summed E-state index contributed by atoms with van der Waals surface area (Å²) in [6, 6.07) is 1.74. The number of aromatic nitrogens is 1. The molecule has 0 radical (unpaired) electrons. The van der Waals surface area contributed by atoms with Crippen LogP contribution in [0.3, 0.4) is 0 Å². The molecule has 2 rings (SSSR count). The van der Waals surface area contributed by atoms with Crippen molar-refractivity contribution in [2.75, 3.05) is 0 Å². The van der Waals surface area contributed by atoms with Crippen LogP contribution in [0.5, 0.6) is 0 Å². The quantitative estimate of drug-likeness (QED) is 0.913. The van der Waals surface area contributed by atoms with Crippen LogP contribution >= 0.6 is 43.2 Å². The first-order chi connectivity index (χ1) is 6.68. The molecular weight excluding hydrogens is 334 g/mol. The second-order valence-corrected chi connectivity index (χ2v) is 5.10. The Bertz CT molecular complexity index is 440. The molecule has 0 aliphatic rings. The lowest BCUT2D eigenvalue weighted by atomic mass is 10.3. The van der Waals surface area contributed by atoms with E-state index in [0.717, 1.165) is 9.08 Å². The van der Waals surface area contributed by atoms with Crippen molar-refractivity contribution in [2.24, 2.45) is 0 Å². The molecule has 0 fully saturated rings. The van der Waals surface area contributed by atoms with Crippen LogP contribution in [0.2, 0.25) is 0 Å². The number of aliphatic hydroxyl groups excluding tert-OH is 1. The second-order valence-electron chi connectivity index (χ2n) is 2.54. The van der Waals surface area contributed by atoms with Gasteiger partial charge in [-0.05, 0) is 37.9 Å². The number of hydrogen-bond donors (Lipinski definition) is 1. The number of thiazole rings is 1. The van der Waals surface area contributed by atoms with Crippen LogP contribution in [0, 0.1) is 0 Å². The highest BCUT2D eigenvalue weighted by Gasteiger charge is 2.19. The molecule has 1 unspecified atom stereocenters. The molecule has 1 atom stereocenters. The summed E-state index contributed by atoms with van der Waals surface area (Å²) in [6.07, 6.45) is 0.710. The fourth-order valence-electron chi connectivity index (χ4n) is 1.01. The van der Waals surface area contributed by atoms with E-state index in [1.54, 1.807) is 6.07 Å². The second kappa shape index (κ2) is 4.14. The van der Waals surface area contributed by atoms with Crippen molar-refractivity contribution < 1.29 is 9.52 Å². The van der Waals surface area contributed by atoms with Crippen molar-refractivity contribution in [1.82, 2.24) is 4.98 Å². The van der Waals surface area contributed by atoms with E-state index in [4.69, 9.17) is 4.42 Å². The zero-order chi connectivity index (χ0) is 10.1. The Morgan fingerprint density at radius 1 is 1.50 bits per heavy atom. The molecule has 1 N–H and O–H groups in total. The molecule has 74 valence electrons. The average molecular weight is 339 g/mol. The van der Waals surface area contributed by atoms with Gasteiger partial charge in [-0.15, -0.1) is 11.3 Å². The van der Waals surface area contributed by atoms with Crippen LogP contribution in [-0.4, -0.2) is 10.1 Å². The molecule has 0 saturated heterocycles. The lowest BCUT2D eigenvalue weighted by molar-refractivity contribution is 0.187. The van der Waals surface area contributed by atoms with Gasteiger partial charge in [0, 0.05) is 5.38 Å². The van der Waals surface area contributed by atoms with Gasteiger partial charge in [0.15, 0.2) is 11.9 Å². The van der Waals surface area contributed by atoms with Gasteiger partial charge < -0.3 is 9.52 Å². The summed E-state index contributed by atoms with van der Waals surface area (Å²) < 4.78 is 6.61. The molecule has 3 nitrogen and oxygen atoms in total. The van der Waals surface area contributed by atoms with E-state index in [2.05, 4.69) is 36.8 Å². The van der Waals surface area contributed by atoms with Crippen LogP contribution in [0.4, 0.5) is 0 Å². The fourth-order valence-corrected chi connectivity index (χ4v) is 2.67. The third-order valence-electron chi connectivity index (χ3n) is 1.62. The Hall–Kier alpha value is -0.170. The monoisotopic (exact) mass is 337 g/mol. The number of hydrogen-bond acceptors (Lipinski definition) is 4. The minimum Gasteiger partial charge on any atom is -0.465 e. The summed E-state index contributed by atoms with van der Waals surface area (Å²) in [5, 5.41) is 12.3. The summed E-state index contributed by atoms with van der Waals surface area (Å²) in [5.41, 5.74) is 0. The van der Waals surface area contributed by atoms with Crippen molar-refractivity contribution in [1.29, 1.82) is 0 Å². The summed E-state index contributed by atoms with van der Waals surface area (Å²) in [6.45, 7) is 0. The molecule has 2 aromatic rings. The summed E-state index contributed by atoms with van der Waals surface area (Å²) in [4.78, 5) is 4.11. The van der Waals surface area contributed by atoms with Crippen molar-refractivity contribution >= 4 is 43.2 Å². The van der Waals surface area contributed by atoms with Gasteiger partial charge in [-0.25, -0.2) is 4.98 Å². The zero-order valence-electron chi connectivity index (χ0n) is 6.78. The summed E-state index contributed by atoms with van der Waals surface area (Å²) in [5.74, 6) is 0.479. The highest BCUT2D eigenvalue weighted by atomic mass is 79.9. The first-order valence-corrected chi connectivity index (χ1v) is 6.17. The molecule has 0 bridgehead atoms. The molecule has 0 saturated carbocycles. The van der Waals surface area contributed by atoms with Gasteiger partial charge in [0.05, 0.1) is 10.7 Å². The molecule has 6 heteroatoms. The van der Waals surface area contributed by atoms with E-state index in [-0.39, 0.29) is 0 Å². The highest BCUT2D eigenvalue weighted by molar-refractivity contribution is 9.10. The predicted octanol–water partition coefficient (Wildman–Crippen LogP) is 3.34. The lowest BCUT2D eigenvalue weighted by Gasteiger charge is -2.03. The fraction of sp³-hybridized carbons (Fsp3) is 0.125. The normalized spacial score (nSPS) is 13.1. The van der Waals surface area contributed by atoms with Crippen LogP contribution < -0.4 is 0 Å². The Labute approximate surface area is 101 Å². The molecule has 0 aliphatic heterocycles. The molecule has 2 aromatic heterocycles. The van der Waals surface area contributed by atoms with E-state index in [1.165, 1.54) is 17.6 Å². The van der Waals surface area contributed by atoms with Crippen LogP contribution in [0.25, 0.3) is 0 Å². The number of nitrogens with zero attached hydrogens (tertiary/aromatic N) is 1. The van der Waals surface area contributed by atoms with Crippen LogP contribution in [0.1, 0.15) is 16.9 Å². The topological polar surface area (TPSA) is 46.3 Å². The smallest absolute Gasteiger partial charge is 0.164 e. The molecule has 2 heterocycles. The Kier molecular flexibility index (Phi) is 3.06. The number of furan rings is 1. The average Bonchev–Trinajstić information content (AvgIpc) is 2.73. The van der Waals surface area contributed by atoms with Gasteiger partial charge in [0.2, 0.25) is 0 Å². The molecule has 0 aliphatic carbocycles. The van der Waals surface area contributed by atoms with Gasteiger partial charge in [-0.2, -0.15) is 0 Å². The van der Waals surface area contributed by atoms with Crippen molar-refractivity contribution in [2.45, 2.75) is 6.10 Å². The minimum atomic E-state index is -0.810. The van der Waals surface area contributed by atoms with Gasteiger partial charge in [-0.1, -0.05) is 0 Å². The first-order valence-electron chi connectivity index (χ1n) is 3.70. The maximum atomic E-state index is 9.88. The third kappa shape index (κ3) is 1.93. The Morgan fingerprint density at radius 3 is 2.79 bits per heavy atom. The van der Waals surface area contributed by atoms with E-state index < -0.39 is 6.10 Å². The summed E-state index contributed by atoms with van der Waals surface area (Å²) in [7, 11) is 0. The maximum absolute atomic E-state index is 9.88. The number of rotatable bonds is 2. The first kappa shape index (κ1) is 10.4. The molecule has 0 amide bonds. The zero-order valence-corrected chi connectivity index (χ0v) is 10.8. The Balaban J connectivity index is 2.33. The Morgan fingerprint density at radius 2 is 2.29 bits per heavy atom. The summed E-state index contributed by atoms with van der Waals surface area (Å²) >= 11 is 7.89. The predicted molar refractivity (Wildman–Crippen MR) is 60.3 cm³/mol. The SMILES string of the molecule is OC(c1nc(Br)cs1)c1occc1Br. The largest absolute Gasteiger partial charge is 0.465 e. The molecule has 14 heavy (non-hydrogen) atoms. The van der Waals surface area contributed by atoms with Gasteiger partial charge in [-0.3, -0.25) is 0 Å². The highest BCUT2D eigenvalue weighted by Crippen LogP contribution is 2.31. The van der Waals surface area contributed by atoms with E-state index in [9.17, 15) is 5.11 Å². The lowest BCUT2D eigenvalue weighted by Crippen LogP contribution is -1.97. The molecular formula is C8H5Br2NO2S. The van der Waals surface area contributed by atoms with Crippen LogP contribution in [-0.2, 0) is 0 Å².